The molecule has 48 heavy (non-hydrogen) atoms. The molecule has 0 saturated heterocycles. The lowest BCUT2D eigenvalue weighted by atomic mass is 9.84. The quantitative estimate of drug-likeness (QED) is 0.102. The Balaban J connectivity index is 1.17. The number of aromatic nitrogens is 1. The number of hydrogen-bond donors (Lipinski definition) is 2. The Labute approximate surface area is 294 Å². The molecular formula is C41H47ClN2O3S. The molecule has 6 rings (SSSR count). The van der Waals surface area contributed by atoms with Crippen LogP contribution in [0.3, 0.4) is 0 Å². The summed E-state index contributed by atoms with van der Waals surface area (Å²) in [4.78, 5) is 18.1. The second kappa shape index (κ2) is 16.5. The minimum Gasteiger partial charge on any atom is -0.462 e. The van der Waals surface area contributed by atoms with Gasteiger partial charge in [-0.3, -0.25) is 4.79 Å². The first-order valence-corrected chi connectivity index (χ1v) is 19.0. The Morgan fingerprint density at radius 1 is 1.00 bits per heavy atom. The van der Waals surface area contributed by atoms with Crippen molar-refractivity contribution in [2.45, 2.75) is 82.5 Å². The predicted octanol–water partition coefficient (Wildman–Crippen LogP) is 9.08. The number of halogens is 1. The van der Waals surface area contributed by atoms with Gasteiger partial charge in [0.15, 0.2) is 0 Å². The standard InChI is InChI=1S/C41H47ClN2O3S/c1-27(45)23-31-6-2-3-8-37(31)38(21-22-48-26-39(29-10-11-29)41(46)47-36-19-15-34(43)16-20-36)32-7-4-5-28(24-32)9-17-35-18-13-30-12-14-33(42)25-40(30)44-35/h2-9,12-14,17-18,24-25,27,29,34,36,38-39,45H,10-11,15-16,19-23,26,43H2,1H3/t27?,34?,36?,38-,39?/m1/s1. The monoisotopic (exact) mass is 682 g/mol. The van der Waals surface area contributed by atoms with E-state index in [1.54, 1.807) is 0 Å². The predicted molar refractivity (Wildman–Crippen MR) is 200 cm³/mol. The van der Waals surface area contributed by atoms with Gasteiger partial charge in [0, 0.05) is 28.1 Å². The number of esters is 1. The summed E-state index contributed by atoms with van der Waals surface area (Å²) >= 11 is 8.08. The van der Waals surface area contributed by atoms with Crippen molar-refractivity contribution in [3.05, 3.63) is 112 Å². The first-order chi connectivity index (χ1) is 23.3. The number of nitrogens with two attached hydrogens (primary N) is 1. The average Bonchev–Trinajstić information content (AvgIpc) is 3.92. The van der Waals surface area contributed by atoms with Crippen LogP contribution in [0.15, 0.2) is 78.9 Å². The van der Waals surface area contributed by atoms with E-state index in [0.717, 1.165) is 78.6 Å². The maximum atomic E-state index is 13.3. The summed E-state index contributed by atoms with van der Waals surface area (Å²) in [5.41, 5.74) is 12.6. The normalized spacial score (nSPS) is 20.1. The maximum absolute atomic E-state index is 13.3. The molecule has 5 nitrogen and oxygen atoms in total. The molecule has 2 fully saturated rings. The van der Waals surface area contributed by atoms with E-state index in [9.17, 15) is 9.90 Å². The molecule has 2 unspecified atom stereocenters. The van der Waals surface area contributed by atoms with Gasteiger partial charge in [0.05, 0.1) is 23.2 Å². The molecule has 3 atom stereocenters. The molecule has 1 aromatic heterocycles. The number of nitrogens with zero attached hydrogens (tertiary/aromatic N) is 1. The minimum atomic E-state index is -0.426. The van der Waals surface area contributed by atoms with Crippen LogP contribution in [0.25, 0.3) is 23.1 Å². The van der Waals surface area contributed by atoms with Crippen LogP contribution in [0.5, 0.6) is 0 Å². The van der Waals surface area contributed by atoms with Crippen LogP contribution in [0, 0.1) is 11.8 Å². The number of aliphatic hydroxyl groups is 1. The van der Waals surface area contributed by atoms with Crippen molar-refractivity contribution >= 4 is 52.4 Å². The van der Waals surface area contributed by atoms with E-state index in [1.165, 1.54) is 16.7 Å². The lowest BCUT2D eigenvalue weighted by Gasteiger charge is -2.27. The Bertz CT molecular complexity index is 1710. The molecule has 0 aliphatic heterocycles. The van der Waals surface area contributed by atoms with Gasteiger partial charge in [-0.1, -0.05) is 78.3 Å². The zero-order valence-corrected chi connectivity index (χ0v) is 29.3. The van der Waals surface area contributed by atoms with Crippen molar-refractivity contribution in [2.24, 2.45) is 17.6 Å². The molecule has 0 spiro atoms. The molecule has 0 amide bonds. The third-order valence-corrected chi connectivity index (χ3v) is 11.1. The second-order valence-electron chi connectivity index (χ2n) is 13.7. The van der Waals surface area contributed by atoms with Crippen molar-refractivity contribution < 1.29 is 14.6 Å². The number of thioether (sulfide) groups is 1. The molecule has 4 aromatic rings. The smallest absolute Gasteiger partial charge is 0.310 e. The summed E-state index contributed by atoms with van der Waals surface area (Å²) in [6, 6.07) is 27.3. The molecule has 0 bridgehead atoms. The second-order valence-corrected chi connectivity index (χ2v) is 15.2. The number of carbonyl (C=O) groups is 1. The first-order valence-electron chi connectivity index (χ1n) is 17.5. The SMILES string of the molecule is CC(O)Cc1ccccc1[C@H](CCSCC(C(=O)OC1CCC(N)CC1)C1CC1)c1cccc(C=Cc2ccc3ccc(Cl)cc3n2)c1. The first kappa shape index (κ1) is 34.7. The van der Waals surface area contributed by atoms with E-state index in [2.05, 4.69) is 60.7 Å². The minimum absolute atomic E-state index is 0.00668. The maximum Gasteiger partial charge on any atom is 0.310 e. The molecular weight excluding hydrogens is 636 g/mol. The van der Waals surface area contributed by atoms with Crippen LogP contribution in [0.2, 0.25) is 5.02 Å². The van der Waals surface area contributed by atoms with Crippen LogP contribution < -0.4 is 5.73 Å². The van der Waals surface area contributed by atoms with Crippen LogP contribution >= 0.6 is 23.4 Å². The molecule has 3 aromatic carbocycles. The fourth-order valence-electron chi connectivity index (χ4n) is 6.90. The van der Waals surface area contributed by atoms with Gasteiger partial charge >= 0.3 is 5.97 Å². The van der Waals surface area contributed by atoms with Gasteiger partial charge in [0.25, 0.3) is 0 Å². The number of benzene rings is 3. The van der Waals surface area contributed by atoms with E-state index in [1.807, 2.05) is 49.0 Å². The van der Waals surface area contributed by atoms with Crippen LogP contribution in [0.4, 0.5) is 0 Å². The number of fused-ring (bicyclic) bond motifs is 1. The number of carbonyl (C=O) groups excluding carboxylic acids is 1. The summed E-state index contributed by atoms with van der Waals surface area (Å²) in [7, 11) is 0. The van der Waals surface area contributed by atoms with Gasteiger partial charge < -0.3 is 15.6 Å². The summed E-state index contributed by atoms with van der Waals surface area (Å²) in [5, 5.41) is 12.1. The lowest BCUT2D eigenvalue weighted by Crippen LogP contribution is -2.33. The average molecular weight is 683 g/mol. The third-order valence-electron chi connectivity index (χ3n) is 9.72. The van der Waals surface area contributed by atoms with Crippen LogP contribution in [-0.4, -0.2) is 45.8 Å². The third kappa shape index (κ3) is 9.50. The zero-order valence-electron chi connectivity index (χ0n) is 27.8. The van der Waals surface area contributed by atoms with Gasteiger partial charge in [-0.2, -0.15) is 11.8 Å². The van der Waals surface area contributed by atoms with Crippen molar-refractivity contribution in [3.8, 4) is 0 Å². The fourth-order valence-corrected chi connectivity index (χ4v) is 8.30. The van der Waals surface area contributed by atoms with Crippen LogP contribution in [-0.2, 0) is 16.0 Å². The van der Waals surface area contributed by atoms with Gasteiger partial charge in [-0.15, -0.1) is 0 Å². The van der Waals surface area contributed by atoms with E-state index in [4.69, 9.17) is 27.1 Å². The topological polar surface area (TPSA) is 85.4 Å². The fraction of sp³-hybridized carbons (Fsp3) is 0.415. The highest BCUT2D eigenvalue weighted by Gasteiger charge is 2.38. The van der Waals surface area contributed by atoms with E-state index in [0.29, 0.717) is 17.4 Å². The van der Waals surface area contributed by atoms with Crippen LogP contribution in [0.1, 0.15) is 85.7 Å². The highest BCUT2D eigenvalue weighted by atomic mass is 35.5. The van der Waals surface area contributed by atoms with E-state index in [-0.39, 0.29) is 30.0 Å². The number of hydrogen-bond acceptors (Lipinski definition) is 6. The molecule has 3 N–H and O–H groups in total. The van der Waals surface area contributed by atoms with Gasteiger partial charge in [-0.25, -0.2) is 4.98 Å². The van der Waals surface area contributed by atoms with Gasteiger partial charge in [-0.05, 0) is 116 Å². The highest BCUT2D eigenvalue weighted by Crippen LogP contribution is 2.40. The van der Waals surface area contributed by atoms with Crippen molar-refractivity contribution in [1.82, 2.24) is 4.98 Å². The molecule has 2 saturated carbocycles. The Morgan fingerprint density at radius 2 is 1.79 bits per heavy atom. The molecule has 7 heteroatoms. The van der Waals surface area contributed by atoms with Gasteiger partial charge in [0.2, 0.25) is 0 Å². The highest BCUT2D eigenvalue weighted by molar-refractivity contribution is 7.99. The number of rotatable bonds is 14. The summed E-state index contributed by atoms with van der Waals surface area (Å²) < 4.78 is 6.02. The zero-order chi connectivity index (χ0) is 33.5. The lowest BCUT2D eigenvalue weighted by molar-refractivity contribution is -0.155. The van der Waals surface area contributed by atoms with Crippen molar-refractivity contribution in [2.75, 3.05) is 11.5 Å². The van der Waals surface area contributed by atoms with Gasteiger partial charge in [0.1, 0.15) is 6.10 Å². The summed E-state index contributed by atoms with van der Waals surface area (Å²) in [5.74, 6) is 2.29. The van der Waals surface area contributed by atoms with Crippen molar-refractivity contribution in [3.63, 3.8) is 0 Å². The summed E-state index contributed by atoms with van der Waals surface area (Å²) in [6.07, 6.45) is 11.2. The Morgan fingerprint density at radius 3 is 2.58 bits per heavy atom. The largest absolute Gasteiger partial charge is 0.462 e. The summed E-state index contributed by atoms with van der Waals surface area (Å²) in [6.45, 7) is 1.85. The molecule has 252 valence electrons. The van der Waals surface area contributed by atoms with E-state index < -0.39 is 6.10 Å². The molecule has 2 aliphatic rings. The Hall–Kier alpha value is -3.16. The van der Waals surface area contributed by atoms with E-state index >= 15 is 0 Å². The number of aliphatic hydroxyl groups excluding tert-OH is 1. The number of pyridine rings is 1. The molecule has 1 heterocycles. The molecule has 0 radical (unpaired) electrons. The van der Waals surface area contributed by atoms with Crippen molar-refractivity contribution in [1.29, 1.82) is 0 Å². The molecule has 2 aliphatic carbocycles. The number of ether oxygens (including phenoxy) is 1. The Kier molecular flexibility index (Phi) is 11.9.